The quantitative estimate of drug-likeness (QED) is 0.799. The zero-order chi connectivity index (χ0) is 14.5. The molecule has 0 spiro atoms. The van der Waals surface area contributed by atoms with Crippen molar-refractivity contribution in [3.63, 3.8) is 0 Å². The monoisotopic (exact) mass is 348 g/mol. The van der Waals surface area contributed by atoms with Gasteiger partial charge in [0, 0.05) is 29.9 Å². The molecule has 5 unspecified atom stereocenters. The molecular formula is C17H33ClN2OS. The molecule has 0 amide bonds. The minimum Gasteiger partial charge on any atom is -0.379 e. The van der Waals surface area contributed by atoms with Gasteiger partial charge in [0.25, 0.3) is 0 Å². The SMILES string of the molecule is CCSC1CCCC(NC2CCCC2C2COCCN2)C1.Cl. The molecule has 3 rings (SSSR count). The first kappa shape index (κ1) is 18.9. The fraction of sp³-hybridized carbons (Fsp3) is 1.00. The number of hydrogen-bond acceptors (Lipinski definition) is 4. The molecule has 3 nitrogen and oxygen atoms in total. The lowest BCUT2D eigenvalue weighted by atomic mass is 9.90. The molecule has 5 heteroatoms. The summed E-state index contributed by atoms with van der Waals surface area (Å²) in [5.41, 5.74) is 0. The van der Waals surface area contributed by atoms with E-state index < -0.39 is 0 Å². The van der Waals surface area contributed by atoms with Crippen LogP contribution in [0.2, 0.25) is 0 Å². The molecule has 0 radical (unpaired) electrons. The van der Waals surface area contributed by atoms with Crippen LogP contribution in [0.3, 0.4) is 0 Å². The van der Waals surface area contributed by atoms with Gasteiger partial charge < -0.3 is 15.4 Å². The predicted molar refractivity (Wildman–Crippen MR) is 98.3 cm³/mol. The molecule has 0 aromatic rings. The summed E-state index contributed by atoms with van der Waals surface area (Å²) in [6.07, 6.45) is 9.75. The maximum atomic E-state index is 5.69. The topological polar surface area (TPSA) is 33.3 Å². The van der Waals surface area contributed by atoms with Crippen LogP contribution in [0.4, 0.5) is 0 Å². The van der Waals surface area contributed by atoms with Gasteiger partial charge in [0.15, 0.2) is 0 Å². The van der Waals surface area contributed by atoms with Crippen molar-refractivity contribution in [1.82, 2.24) is 10.6 Å². The summed E-state index contributed by atoms with van der Waals surface area (Å²) in [6, 6.07) is 2.07. The summed E-state index contributed by atoms with van der Waals surface area (Å²) in [5, 5.41) is 8.63. The summed E-state index contributed by atoms with van der Waals surface area (Å²) in [6.45, 7) is 5.14. The summed E-state index contributed by atoms with van der Waals surface area (Å²) in [7, 11) is 0. The maximum Gasteiger partial charge on any atom is 0.0623 e. The van der Waals surface area contributed by atoms with E-state index >= 15 is 0 Å². The number of ether oxygens (including phenoxy) is 1. The lowest BCUT2D eigenvalue weighted by Crippen LogP contribution is -2.53. The molecule has 130 valence electrons. The standard InChI is InChI=1S/C17H32N2OS.ClH/c1-2-21-14-6-3-5-13(11-14)19-16-8-4-7-15(16)17-12-20-10-9-18-17;/h13-19H,2-12H2,1H3;1H. The van der Waals surface area contributed by atoms with Crippen LogP contribution in [0.5, 0.6) is 0 Å². The third-order valence-corrected chi connectivity index (χ3v) is 6.75. The minimum absolute atomic E-state index is 0. The molecule has 1 aliphatic heterocycles. The van der Waals surface area contributed by atoms with Crippen LogP contribution in [-0.2, 0) is 4.74 Å². The van der Waals surface area contributed by atoms with Crippen molar-refractivity contribution in [3.05, 3.63) is 0 Å². The van der Waals surface area contributed by atoms with E-state index in [0.717, 1.165) is 43.0 Å². The Hall–Kier alpha value is 0.520. The first-order valence-corrected chi connectivity index (χ1v) is 10.1. The van der Waals surface area contributed by atoms with Gasteiger partial charge in [-0.05, 0) is 43.8 Å². The lowest BCUT2D eigenvalue weighted by Gasteiger charge is -2.37. The van der Waals surface area contributed by atoms with Gasteiger partial charge in [0.2, 0.25) is 0 Å². The summed E-state index contributed by atoms with van der Waals surface area (Å²) in [5.74, 6) is 2.05. The summed E-state index contributed by atoms with van der Waals surface area (Å²) < 4.78 is 5.69. The van der Waals surface area contributed by atoms with E-state index in [2.05, 4.69) is 29.3 Å². The predicted octanol–water partition coefficient (Wildman–Crippen LogP) is 3.22. The van der Waals surface area contributed by atoms with Gasteiger partial charge in [-0.25, -0.2) is 0 Å². The second-order valence-corrected chi connectivity index (χ2v) is 8.52. The van der Waals surface area contributed by atoms with Gasteiger partial charge in [-0.3, -0.25) is 0 Å². The highest BCUT2D eigenvalue weighted by molar-refractivity contribution is 7.99. The van der Waals surface area contributed by atoms with Crippen molar-refractivity contribution in [2.45, 2.75) is 75.2 Å². The highest BCUT2D eigenvalue weighted by Gasteiger charge is 2.36. The van der Waals surface area contributed by atoms with Crippen molar-refractivity contribution in [2.24, 2.45) is 5.92 Å². The Balaban J connectivity index is 0.00000176. The van der Waals surface area contributed by atoms with Gasteiger partial charge in [-0.2, -0.15) is 11.8 Å². The van der Waals surface area contributed by atoms with Gasteiger partial charge in [-0.1, -0.05) is 19.8 Å². The van der Waals surface area contributed by atoms with Crippen molar-refractivity contribution in [3.8, 4) is 0 Å². The normalized spacial score (nSPS) is 39.4. The van der Waals surface area contributed by atoms with Gasteiger partial charge in [0.05, 0.1) is 13.2 Å². The second kappa shape index (κ2) is 9.73. The van der Waals surface area contributed by atoms with Gasteiger partial charge in [-0.15, -0.1) is 12.4 Å². The molecule has 0 aromatic heterocycles. The van der Waals surface area contributed by atoms with Crippen molar-refractivity contribution < 1.29 is 4.74 Å². The minimum atomic E-state index is 0. The molecule has 0 aromatic carbocycles. The average Bonchev–Trinajstić information content (AvgIpc) is 2.97. The number of morpholine rings is 1. The van der Waals surface area contributed by atoms with Crippen molar-refractivity contribution >= 4 is 24.2 Å². The molecule has 22 heavy (non-hydrogen) atoms. The fourth-order valence-corrected chi connectivity index (χ4v) is 5.70. The third-order valence-electron chi connectivity index (χ3n) is 5.51. The van der Waals surface area contributed by atoms with Crippen LogP contribution in [0.25, 0.3) is 0 Å². The Morgan fingerprint density at radius 3 is 2.82 bits per heavy atom. The zero-order valence-corrected chi connectivity index (χ0v) is 15.5. The average molecular weight is 349 g/mol. The van der Waals surface area contributed by atoms with Crippen LogP contribution in [0.1, 0.15) is 51.9 Å². The highest BCUT2D eigenvalue weighted by atomic mass is 35.5. The van der Waals surface area contributed by atoms with E-state index in [1.807, 2.05) is 0 Å². The molecule has 2 saturated carbocycles. The Labute approximate surface area is 146 Å². The molecular weight excluding hydrogens is 316 g/mol. The molecule has 1 heterocycles. The van der Waals surface area contributed by atoms with E-state index in [9.17, 15) is 0 Å². The van der Waals surface area contributed by atoms with E-state index in [1.54, 1.807) is 0 Å². The van der Waals surface area contributed by atoms with Crippen LogP contribution >= 0.6 is 24.2 Å². The smallest absolute Gasteiger partial charge is 0.0623 e. The van der Waals surface area contributed by atoms with Crippen LogP contribution in [0.15, 0.2) is 0 Å². The summed E-state index contributed by atoms with van der Waals surface area (Å²) >= 11 is 2.17. The number of halogens is 1. The Morgan fingerprint density at radius 1 is 1.18 bits per heavy atom. The van der Waals surface area contributed by atoms with Crippen molar-refractivity contribution in [1.29, 1.82) is 0 Å². The van der Waals surface area contributed by atoms with Crippen LogP contribution < -0.4 is 10.6 Å². The Morgan fingerprint density at radius 2 is 2.05 bits per heavy atom. The van der Waals surface area contributed by atoms with E-state index in [0.29, 0.717) is 6.04 Å². The summed E-state index contributed by atoms with van der Waals surface area (Å²) in [4.78, 5) is 0. The zero-order valence-electron chi connectivity index (χ0n) is 13.9. The molecule has 2 aliphatic carbocycles. The highest BCUT2D eigenvalue weighted by Crippen LogP contribution is 2.33. The number of rotatable bonds is 5. The Kier molecular flexibility index (Phi) is 8.34. The number of hydrogen-bond donors (Lipinski definition) is 2. The maximum absolute atomic E-state index is 5.69. The van der Waals surface area contributed by atoms with E-state index in [1.165, 1.54) is 50.7 Å². The number of nitrogens with one attached hydrogen (secondary N) is 2. The lowest BCUT2D eigenvalue weighted by molar-refractivity contribution is 0.0513. The number of thioether (sulfide) groups is 1. The molecule has 3 fully saturated rings. The Bertz CT molecular complexity index is 313. The van der Waals surface area contributed by atoms with Crippen LogP contribution in [-0.4, -0.2) is 48.9 Å². The largest absolute Gasteiger partial charge is 0.379 e. The van der Waals surface area contributed by atoms with Crippen molar-refractivity contribution in [2.75, 3.05) is 25.5 Å². The van der Waals surface area contributed by atoms with Crippen LogP contribution in [0, 0.1) is 5.92 Å². The first-order valence-electron chi connectivity index (χ1n) is 9.05. The third kappa shape index (κ3) is 5.01. The van der Waals surface area contributed by atoms with E-state index in [4.69, 9.17) is 4.74 Å². The molecule has 5 atom stereocenters. The molecule has 0 bridgehead atoms. The first-order chi connectivity index (χ1) is 10.4. The van der Waals surface area contributed by atoms with Gasteiger partial charge >= 0.3 is 0 Å². The second-order valence-electron chi connectivity index (χ2n) is 6.94. The molecule has 1 saturated heterocycles. The van der Waals surface area contributed by atoms with E-state index in [-0.39, 0.29) is 12.4 Å². The van der Waals surface area contributed by atoms with Gasteiger partial charge in [0.1, 0.15) is 0 Å². The molecule has 2 N–H and O–H groups in total. The fourth-order valence-electron chi connectivity index (χ4n) is 4.52. The molecule has 3 aliphatic rings.